The summed E-state index contributed by atoms with van der Waals surface area (Å²) in [7, 11) is 1.85. The maximum absolute atomic E-state index is 12.8. The summed E-state index contributed by atoms with van der Waals surface area (Å²) in [6.07, 6.45) is -8.56. The summed E-state index contributed by atoms with van der Waals surface area (Å²) in [6, 6.07) is 0.445. The Morgan fingerprint density at radius 3 is 2.30 bits per heavy atom. The number of methoxy groups -OCH3 is 2. The zero-order valence-corrected chi connectivity index (χ0v) is 10.1. The van der Waals surface area contributed by atoms with Crippen molar-refractivity contribution in [2.45, 2.75) is 12.8 Å². The molecule has 10 heteroatoms. The van der Waals surface area contributed by atoms with Gasteiger partial charge in [-0.15, -0.1) is 13.2 Å². The molecule has 0 atom stereocenters. The Balaban J connectivity index is 3.44. The number of carbonyl (C=O) groups is 1. The number of aromatic nitrogens is 1. The number of alkyl halides is 5. The lowest BCUT2D eigenvalue weighted by Gasteiger charge is -2.16. The molecule has 0 unspecified atom stereocenters. The quantitative estimate of drug-likeness (QED) is 0.632. The second kappa shape index (κ2) is 5.88. The van der Waals surface area contributed by atoms with Crippen LogP contribution in [0.2, 0.25) is 0 Å². The standard InChI is InChI=1S/C10H8F5NO4/c1-18-8-6(20-10(13,14)15)4(7(11)12)3-5(16-8)9(17)19-2/h3,7H,1-2H3. The average Bonchev–Trinajstić information content (AvgIpc) is 2.35. The van der Waals surface area contributed by atoms with Crippen LogP contribution >= 0.6 is 0 Å². The first kappa shape index (κ1) is 15.9. The fraction of sp³-hybridized carbons (Fsp3) is 0.400. The molecule has 0 saturated carbocycles. The molecule has 0 saturated heterocycles. The van der Waals surface area contributed by atoms with Crippen molar-refractivity contribution in [3.8, 4) is 11.6 Å². The topological polar surface area (TPSA) is 57.7 Å². The summed E-state index contributed by atoms with van der Waals surface area (Å²) < 4.78 is 74.3. The maximum atomic E-state index is 12.8. The minimum Gasteiger partial charge on any atom is -0.478 e. The molecular weight excluding hydrogens is 293 g/mol. The third kappa shape index (κ3) is 3.68. The smallest absolute Gasteiger partial charge is 0.478 e. The van der Waals surface area contributed by atoms with Crippen molar-refractivity contribution in [1.82, 2.24) is 4.98 Å². The third-order valence-corrected chi connectivity index (χ3v) is 2.01. The first-order valence-electron chi connectivity index (χ1n) is 4.90. The highest BCUT2D eigenvalue weighted by Gasteiger charge is 2.36. The van der Waals surface area contributed by atoms with E-state index in [0.717, 1.165) is 14.2 Å². The van der Waals surface area contributed by atoms with E-state index in [4.69, 9.17) is 0 Å². The minimum absolute atomic E-state index is 0.445. The number of pyridine rings is 1. The largest absolute Gasteiger partial charge is 0.573 e. The van der Waals surface area contributed by atoms with Gasteiger partial charge >= 0.3 is 12.3 Å². The number of halogens is 5. The van der Waals surface area contributed by atoms with E-state index in [1.54, 1.807) is 0 Å². The van der Waals surface area contributed by atoms with Gasteiger partial charge in [-0.25, -0.2) is 18.6 Å². The van der Waals surface area contributed by atoms with Gasteiger partial charge in [0.15, 0.2) is 11.4 Å². The van der Waals surface area contributed by atoms with E-state index in [2.05, 4.69) is 19.2 Å². The summed E-state index contributed by atoms with van der Waals surface area (Å²) in [5, 5.41) is 0. The van der Waals surface area contributed by atoms with E-state index in [1.807, 2.05) is 0 Å². The van der Waals surface area contributed by atoms with Crippen molar-refractivity contribution >= 4 is 5.97 Å². The second-order valence-corrected chi connectivity index (χ2v) is 3.28. The monoisotopic (exact) mass is 301 g/mol. The molecule has 0 fully saturated rings. The molecule has 0 amide bonds. The molecule has 0 bridgehead atoms. The Kier molecular flexibility index (Phi) is 4.69. The summed E-state index contributed by atoms with van der Waals surface area (Å²) >= 11 is 0. The molecule has 1 aromatic rings. The van der Waals surface area contributed by atoms with Gasteiger partial charge in [0.1, 0.15) is 0 Å². The van der Waals surface area contributed by atoms with Crippen molar-refractivity contribution in [3.05, 3.63) is 17.3 Å². The molecule has 5 nitrogen and oxygen atoms in total. The van der Waals surface area contributed by atoms with Crippen LogP contribution in [0, 0.1) is 0 Å². The molecule has 0 aliphatic heterocycles. The van der Waals surface area contributed by atoms with Gasteiger partial charge in [0.25, 0.3) is 12.3 Å². The van der Waals surface area contributed by atoms with E-state index in [0.29, 0.717) is 6.07 Å². The lowest BCUT2D eigenvalue weighted by molar-refractivity contribution is -0.275. The Morgan fingerprint density at radius 2 is 1.90 bits per heavy atom. The molecular formula is C10H8F5NO4. The summed E-state index contributed by atoms with van der Waals surface area (Å²) in [4.78, 5) is 14.5. The molecule has 0 radical (unpaired) electrons. The van der Waals surface area contributed by atoms with Crippen LogP contribution in [0.3, 0.4) is 0 Å². The summed E-state index contributed by atoms with van der Waals surface area (Å²) in [6.45, 7) is 0. The van der Waals surface area contributed by atoms with Crippen molar-refractivity contribution in [2.75, 3.05) is 14.2 Å². The molecule has 0 spiro atoms. The van der Waals surface area contributed by atoms with E-state index in [9.17, 15) is 26.7 Å². The zero-order chi connectivity index (χ0) is 15.5. The number of carbonyl (C=O) groups excluding carboxylic acids is 1. The second-order valence-electron chi connectivity index (χ2n) is 3.28. The molecule has 1 rings (SSSR count). The van der Waals surface area contributed by atoms with E-state index < -0.39 is 41.6 Å². The Morgan fingerprint density at radius 1 is 1.30 bits per heavy atom. The van der Waals surface area contributed by atoms with Gasteiger partial charge in [-0.2, -0.15) is 0 Å². The van der Waals surface area contributed by atoms with Crippen molar-refractivity contribution in [3.63, 3.8) is 0 Å². The Bertz CT molecular complexity index is 503. The lowest BCUT2D eigenvalue weighted by atomic mass is 10.2. The molecule has 0 N–H and O–H groups in total. The van der Waals surface area contributed by atoms with Crippen molar-refractivity contribution < 1.29 is 41.0 Å². The predicted octanol–water partition coefficient (Wildman–Crippen LogP) is 2.71. The highest BCUT2D eigenvalue weighted by Crippen LogP contribution is 2.39. The average molecular weight is 301 g/mol. The van der Waals surface area contributed by atoms with Gasteiger partial charge in [-0.3, -0.25) is 0 Å². The first-order valence-corrected chi connectivity index (χ1v) is 4.90. The Hall–Kier alpha value is -2.13. The number of esters is 1. The van der Waals surface area contributed by atoms with Crippen molar-refractivity contribution in [2.24, 2.45) is 0 Å². The van der Waals surface area contributed by atoms with Crippen LogP contribution < -0.4 is 9.47 Å². The van der Waals surface area contributed by atoms with Crippen LogP contribution in [0.4, 0.5) is 22.0 Å². The van der Waals surface area contributed by atoms with Gasteiger partial charge in [0.05, 0.1) is 19.8 Å². The number of hydrogen-bond donors (Lipinski definition) is 0. The van der Waals surface area contributed by atoms with Crippen LogP contribution in [0.1, 0.15) is 22.5 Å². The van der Waals surface area contributed by atoms with E-state index in [1.165, 1.54) is 0 Å². The van der Waals surface area contributed by atoms with Crippen LogP contribution in [0.15, 0.2) is 6.07 Å². The summed E-state index contributed by atoms with van der Waals surface area (Å²) in [5.74, 6) is -3.31. The van der Waals surface area contributed by atoms with Crippen LogP contribution in [0.25, 0.3) is 0 Å². The number of rotatable bonds is 4. The minimum atomic E-state index is -5.22. The van der Waals surface area contributed by atoms with Gasteiger partial charge in [-0.05, 0) is 6.07 Å². The molecule has 0 aliphatic rings. The fourth-order valence-electron chi connectivity index (χ4n) is 1.26. The molecule has 112 valence electrons. The molecule has 0 aromatic carbocycles. The molecule has 0 aliphatic carbocycles. The van der Waals surface area contributed by atoms with Gasteiger partial charge < -0.3 is 14.2 Å². The first-order chi connectivity index (χ1) is 9.19. The van der Waals surface area contributed by atoms with Crippen LogP contribution in [0.5, 0.6) is 11.6 Å². The fourth-order valence-corrected chi connectivity index (χ4v) is 1.26. The van der Waals surface area contributed by atoms with Gasteiger partial charge in [-0.1, -0.05) is 0 Å². The molecule has 1 aromatic heterocycles. The van der Waals surface area contributed by atoms with Gasteiger partial charge in [0.2, 0.25) is 0 Å². The van der Waals surface area contributed by atoms with Gasteiger partial charge in [0, 0.05) is 0 Å². The highest BCUT2D eigenvalue weighted by molar-refractivity contribution is 5.87. The maximum Gasteiger partial charge on any atom is 0.573 e. The predicted molar refractivity (Wildman–Crippen MR) is 53.8 cm³/mol. The number of ether oxygens (including phenoxy) is 3. The molecule has 1 heterocycles. The molecule has 20 heavy (non-hydrogen) atoms. The van der Waals surface area contributed by atoms with Crippen molar-refractivity contribution in [1.29, 1.82) is 0 Å². The van der Waals surface area contributed by atoms with E-state index >= 15 is 0 Å². The number of nitrogens with zero attached hydrogens (tertiary/aromatic N) is 1. The SMILES string of the molecule is COC(=O)c1cc(C(F)F)c(OC(F)(F)F)c(OC)n1. The highest BCUT2D eigenvalue weighted by atomic mass is 19.4. The summed E-state index contributed by atoms with van der Waals surface area (Å²) in [5.41, 5.74) is -1.82. The Labute approximate surface area is 109 Å². The third-order valence-electron chi connectivity index (χ3n) is 2.01. The number of hydrogen-bond acceptors (Lipinski definition) is 5. The normalized spacial score (nSPS) is 11.4. The van der Waals surface area contributed by atoms with Crippen LogP contribution in [-0.4, -0.2) is 31.5 Å². The zero-order valence-electron chi connectivity index (χ0n) is 10.1. The van der Waals surface area contributed by atoms with E-state index in [-0.39, 0.29) is 0 Å². The van der Waals surface area contributed by atoms with Crippen LogP contribution in [-0.2, 0) is 4.74 Å². The lowest BCUT2D eigenvalue weighted by Crippen LogP contribution is -2.20.